The quantitative estimate of drug-likeness (QED) is 0.687. The molecule has 0 spiro atoms. The Balaban J connectivity index is 2.49. The van der Waals surface area contributed by atoms with Crippen LogP contribution in [0.1, 0.15) is 37.8 Å². The number of carboxylic acid groups (broad SMARTS) is 1. The van der Waals surface area contributed by atoms with Crippen molar-refractivity contribution in [3.63, 3.8) is 0 Å². The standard InChI is InChI=1S/C15H20ClNO4/c1-2-3-4-9-21-10-13(18)17-14(15(19)20)11-5-7-12(16)8-6-11/h5-8,14H,2-4,9-10H2,1H3,(H,17,18)(H,19,20). The van der Waals surface area contributed by atoms with E-state index in [-0.39, 0.29) is 6.61 Å². The van der Waals surface area contributed by atoms with Gasteiger partial charge in [0.2, 0.25) is 5.91 Å². The Kier molecular flexibility index (Phi) is 7.79. The highest BCUT2D eigenvalue weighted by Gasteiger charge is 2.21. The molecule has 0 heterocycles. The van der Waals surface area contributed by atoms with E-state index in [1.165, 1.54) is 0 Å². The molecule has 0 aliphatic rings. The SMILES string of the molecule is CCCCCOCC(=O)NC(C(=O)O)c1ccc(Cl)cc1. The maximum atomic E-state index is 11.7. The van der Waals surface area contributed by atoms with Gasteiger partial charge in [-0.25, -0.2) is 4.79 Å². The topological polar surface area (TPSA) is 75.6 Å². The number of rotatable bonds is 9. The number of carbonyl (C=O) groups is 2. The Morgan fingerprint density at radius 1 is 1.29 bits per heavy atom. The lowest BCUT2D eigenvalue weighted by atomic mass is 10.1. The first kappa shape index (κ1) is 17.5. The van der Waals surface area contributed by atoms with Crippen LogP contribution in [0.5, 0.6) is 0 Å². The van der Waals surface area contributed by atoms with Crippen LogP contribution in [-0.2, 0) is 14.3 Å². The Morgan fingerprint density at radius 2 is 1.95 bits per heavy atom. The fraction of sp³-hybridized carbons (Fsp3) is 0.467. The lowest BCUT2D eigenvalue weighted by Crippen LogP contribution is -2.36. The Hall–Kier alpha value is -1.59. The smallest absolute Gasteiger partial charge is 0.330 e. The molecule has 0 bridgehead atoms. The predicted molar refractivity (Wildman–Crippen MR) is 80.3 cm³/mol. The number of amides is 1. The normalized spacial score (nSPS) is 11.9. The number of hydrogen-bond acceptors (Lipinski definition) is 3. The molecule has 1 aromatic rings. The van der Waals surface area contributed by atoms with Crippen LogP contribution in [0.25, 0.3) is 0 Å². The molecule has 5 nitrogen and oxygen atoms in total. The van der Waals surface area contributed by atoms with E-state index in [1.54, 1.807) is 24.3 Å². The molecule has 2 N–H and O–H groups in total. The van der Waals surface area contributed by atoms with Gasteiger partial charge in [0, 0.05) is 11.6 Å². The number of unbranched alkanes of at least 4 members (excludes halogenated alkanes) is 2. The third-order valence-corrected chi connectivity index (χ3v) is 3.13. The molecule has 21 heavy (non-hydrogen) atoms. The maximum Gasteiger partial charge on any atom is 0.330 e. The number of halogens is 1. The summed E-state index contributed by atoms with van der Waals surface area (Å²) in [5.74, 6) is -1.58. The molecule has 1 rings (SSSR count). The fourth-order valence-electron chi connectivity index (χ4n) is 1.76. The summed E-state index contributed by atoms with van der Waals surface area (Å²) in [6.45, 7) is 2.44. The second-order valence-electron chi connectivity index (χ2n) is 4.65. The first-order valence-corrected chi connectivity index (χ1v) is 7.27. The highest BCUT2D eigenvalue weighted by molar-refractivity contribution is 6.30. The van der Waals surface area contributed by atoms with Gasteiger partial charge >= 0.3 is 5.97 Å². The number of ether oxygens (including phenoxy) is 1. The molecule has 1 unspecified atom stereocenters. The van der Waals surface area contributed by atoms with E-state index in [4.69, 9.17) is 16.3 Å². The van der Waals surface area contributed by atoms with E-state index in [0.29, 0.717) is 17.2 Å². The largest absolute Gasteiger partial charge is 0.479 e. The highest BCUT2D eigenvalue weighted by Crippen LogP contribution is 2.16. The van der Waals surface area contributed by atoms with Gasteiger partial charge in [-0.3, -0.25) is 4.79 Å². The summed E-state index contributed by atoms with van der Waals surface area (Å²) in [6.07, 6.45) is 3.01. The van der Waals surface area contributed by atoms with E-state index in [1.807, 2.05) is 0 Å². The van der Waals surface area contributed by atoms with Gasteiger partial charge in [0.05, 0.1) is 0 Å². The molecule has 0 saturated carbocycles. The first-order valence-electron chi connectivity index (χ1n) is 6.90. The summed E-state index contributed by atoms with van der Waals surface area (Å²) < 4.78 is 5.21. The van der Waals surface area contributed by atoms with Crippen LogP contribution in [0.15, 0.2) is 24.3 Å². The van der Waals surface area contributed by atoms with Crippen molar-refractivity contribution in [1.29, 1.82) is 0 Å². The predicted octanol–water partition coefficient (Wildman–Crippen LogP) is 2.79. The van der Waals surface area contributed by atoms with Crippen molar-refractivity contribution < 1.29 is 19.4 Å². The minimum absolute atomic E-state index is 0.138. The number of aliphatic carboxylic acids is 1. The van der Waals surface area contributed by atoms with Gasteiger partial charge in [-0.15, -0.1) is 0 Å². The van der Waals surface area contributed by atoms with Gasteiger partial charge in [0.15, 0.2) is 6.04 Å². The summed E-state index contributed by atoms with van der Waals surface area (Å²) in [4.78, 5) is 23.0. The molecule has 0 radical (unpaired) electrons. The van der Waals surface area contributed by atoms with Gasteiger partial charge in [0.1, 0.15) is 6.61 Å². The van der Waals surface area contributed by atoms with Crippen molar-refractivity contribution in [2.45, 2.75) is 32.2 Å². The van der Waals surface area contributed by atoms with E-state index < -0.39 is 17.9 Å². The van der Waals surface area contributed by atoms with Crippen molar-refractivity contribution in [3.8, 4) is 0 Å². The second-order valence-corrected chi connectivity index (χ2v) is 5.09. The minimum atomic E-state index is -1.13. The van der Waals surface area contributed by atoms with Crippen molar-refractivity contribution >= 4 is 23.5 Å². The molecule has 0 aliphatic carbocycles. The number of carbonyl (C=O) groups excluding carboxylic acids is 1. The molecule has 0 aromatic heterocycles. The van der Waals surface area contributed by atoms with Crippen LogP contribution in [-0.4, -0.2) is 30.2 Å². The molecule has 116 valence electrons. The molecular formula is C15H20ClNO4. The van der Waals surface area contributed by atoms with Gasteiger partial charge in [-0.1, -0.05) is 43.5 Å². The number of benzene rings is 1. The van der Waals surface area contributed by atoms with Crippen molar-refractivity contribution in [2.24, 2.45) is 0 Å². The minimum Gasteiger partial charge on any atom is -0.479 e. The molecule has 6 heteroatoms. The van der Waals surface area contributed by atoms with Gasteiger partial charge < -0.3 is 15.2 Å². The molecule has 1 atom stereocenters. The molecule has 0 fully saturated rings. The molecular weight excluding hydrogens is 294 g/mol. The van der Waals surface area contributed by atoms with Crippen LogP contribution in [0.3, 0.4) is 0 Å². The Labute approximate surface area is 129 Å². The fourth-order valence-corrected chi connectivity index (χ4v) is 1.89. The zero-order chi connectivity index (χ0) is 15.7. The summed E-state index contributed by atoms with van der Waals surface area (Å²) in [7, 11) is 0. The summed E-state index contributed by atoms with van der Waals surface area (Å²) >= 11 is 5.76. The zero-order valence-electron chi connectivity index (χ0n) is 12.0. The second kappa shape index (κ2) is 9.37. The molecule has 1 aromatic carbocycles. The average Bonchev–Trinajstić information content (AvgIpc) is 2.45. The van der Waals surface area contributed by atoms with E-state index in [0.717, 1.165) is 19.3 Å². The summed E-state index contributed by atoms with van der Waals surface area (Å²) in [5, 5.41) is 12.1. The maximum absolute atomic E-state index is 11.7. The van der Waals surface area contributed by atoms with Crippen LogP contribution < -0.4 is 5.32 Å². The number of hydrogen-bond donors (Lipinski definition) is 2. The van der Waals surface area contributed by atoms with Crippen molar-refractivity contribution in [1.82, 2.24) is 5.32 Å². The third-order valence-electron chi connectivity index (χ3n) is 2.88. The zero-order valence-corrected chi connectivity index (χ0v) is 12.7. The monoisotopic (exact) mass is 313 g/mol. The molecule has 1 amide bonds. The highest BCUT2D eigenvalue weighted by atomic mass is 35.5. The van der Waals surface area contributed by atoms with E-state index in [9.17, 15) is 14.7 Å². The van der Waals surface area contributed by atoms with Crippen LogP contribution in [0, 0.1) is 0 Å². The average molecular weight is 314 g/mol. The summed E-state index contributed by atoms with van der Waals surface area (Å²) in [6, 6.07) is 5.21. The van der Waals surface area contributed by atoms with E-state index >= 15 is 0 Å². The Bertz CT molecular complexity index is 461. The molecule has 0 saturated heterocycles. The summed E-state index contributed by atoms with van der Waals surface area (Å²) in [5.41, 5.74) is 0.464. The lowest BCUT2D eigenvalue weighted by molar-refractivity contribution is -0.142. The Morgan fingerprint density at radius 3 is 2.52 bits per heavy atom. The van der Waals surface area contributed by atoms with Gasteiger partial charge in [-0.05, 0) is 24.1 Å². The molecule has 0 aliphatic heterocycles. The van der Waals surface area contributed by atoms with Crippen molar-refractivity contribution in [3.05, 3.63) is 34.9 Å². The van der Waals surface area contributed by atoms with Crippen LogP contribution in [0.2, 0.25) is 5.02 Å². The third kappa shape index (κ3) is 6.60. The van der Waals surface area contributed by atoms with Gasteiger partial charge in [0.25, 0.3) is 0 Å². The van der Waals surface area contributed by atoms with E-state index in [2.05, 4.69) is 12.2 Å². The van der Waals surface area contributed by atoms with Crippen molar-refractivity contribution in [2.75, 3.05) is 13.2 Å². The van der Waals surface area contributed by atoms with Crippen LogP contribution >= 0.6 is 11.6 Å². The number of carboxylic acids is 1. The van der Waals surface area contributed by atoms with Gasteiger partial charge in [-0.2, -0.15) is 0 Å². The first-order chi connectivity index (χ1) is 10.0. The number of nitrogens with one attached hydrogen (secondary N) is 1. The van der Waals surface area contributed by atoms with Crippen LogP contribution in [0.4, 0.5) is 0 Å². The lowest BCUT2D eigenvalue weighted by Gasteiger charge is -2.15.